The van der Waals surface area contributed by atoms with Crippen molar-refractivity contribution in [2.75, 3.05) is 7.11 Å². The summed E-state index contributed by atoms with van der Waals surface area (Å²) < 4.78 is 6.48. The third-order valence-electron chi connectivity index (χ3n) is 3.86. The third kappa shape index (κ3) is 4.64. The maximum absolute atomic E-state index is 12.9. The monoisotopic (exact) mass is 371 g/mol. The van der Waals surface area contributed by atoms with Crippen LogP contribution in [0.25, 0.3) is 0 Å². The predicted molar refractivity (Wildman–Crippen MR) is 105 cm³/mol. The van der Waals surface area contributed by atoms with Crippen LogP contribution in [0.5, 0.6) is 0 Å². The van der Waals surface area contributed by atoms with Gasteiger partial charge in [-0.25, -0.2) is 4.98 Å². The Bertz CT molecular complexity index is 820. The van der Waals surface area contributed by atoms with E-state index in [0.717, 1.165) is 0 Å². The van der Waals surface area contributed by atoms with E-state index < -0.39 is 0 Å². The van der Waals surface area contributed by atoms with Crippen LogP contribution >= 0.6 is 11.8 Å². The average Bonchev–Trinajstić information content (AvgIpc) is 3.06. The summed E-state index contributed by atoms with van der Waals surface area (Å²) >= 11 is 1.49. The van der Waals surface area contributed by atoms with Crippen LogP contribution in [0.3, 0.4) is 0 Å². The fraction of sp³-hybridized carbons (Fsp3) is 0.350. The molecule has 1 heterocycles. The minimum Gasteiger partial charge on any atom is -0.497 e. The molecule has 0 aliphatic heterocycles. The minimum absolute atomic E-state index is 0.127. The molecule has 0 spiro atoms. The van der Waals surface area contributed by atoms with Gasteiger partial charge in [0.05, 0.1) is 12.7 Å². The highest BCUT2D eigenvalue weighted by molar-refractivity contribution is 7.98. The minimum atomic E-state index is -0.287. The first-order chi connectivity index (χ1) is 12.4. The molecule has 0 bridgehead atoms. The molecule has 5 nitrogen and oxygen atoms in total. The summed E-state index contributed by atoms with van der Waals surface area (Å²) in [6, 6.07) is 8.31. The second-order valence-corrected chi connectivity index (χ2v) is 7.17. The van der Waals surface area contributed by atoms with Gasteiger partial charge in [-0.2, -0.15) is 4.68 Å². The number of hydrogen-bond acceptors (Lipinski definition) is 5. The highest BCUT2D eigenvalue weighted by atomic mass is 32.2. The molecule has 2 rings (SSSR count). The number of hydrogen-bond donors (Lipinski definition) is 0. The summed E-state index contributed by atoms with van der Waals surface area (Å²) in [5.41, 5.74) is 2.76. The number of allylic oxidation sites excluding steroid dienone is 2. The van der Waals surface area contributed by atoms with Crippen LogP contribution in [0, 0.1) is 6.92 Å². The molecule has 0 saturated heterocycles. The molecule has 0 N–H and O–H groups in total. The summed E-state index contributed by atoms with van der Waals surface area (Å²) in [6.07, 6.45) is 1.68. The number of thioether (sulfide) groups is 1. The Morgan fingerprint density at radius 3 is 2.54 bits per heavy atom. The molecule has 0 fully saturated rings. The Kier molecular flexibility index (Phi) is 6.80. The Morgan fingerprint density at radius 1 is 1.35 bits per heavy atom. The molecule has 138 valence electrons. The lowest BCUT2D eigenvalue weighted by Gasteiger charge is -2.09. The molecule has 0 amide bonds. The highest BCUT2D eigenvalue weighted by Gasteiger charge is 2.22. The van der Waals surface area contributed by atoms with Gasteiger partial charge in [0.15, 0.2) is 11.0 Å². The molecule has 0 radical (unpaired) electrons. The molecule has 0 saturated carbocycles. The van der Waals surface area contributed by atoms with Crippen LogP contribution in [0.1, 0.15) is 48.4 Å². The average molecular weight is 372 g/mol. The quantitative estimate of drug-likeness (QED) is 0.304. The van der Waals surface area contributed by atoms with E-state index in [4.69, 9.17) is 4.74 Å². The molecule has 1 aromatic heterocycles. The van der Waals surface area contributed by atoms with E-state index in [1.54, 1.807) is 13.0 Å². The smallest absolute Gasteiger partial charge is 0.284 e. The van der Waals surface area contributed by atoms with Gasteiger partial charge < -0.3 is 4.74 Å². The van der Waals surface area contributed by atoms with Crippen molar-refractivity contribution in [3.8, 4) is 0 Å². The van der Waals surface area contributed by atoms with Crippen molar-refractivity contribution in [3.63, 3.8) is 0 Å². The number of aryl methyl sites for hydroxylation is 1. The van der Waals surface area contributed by atoms with E-state index in [1.807, 2.05) is 13.8 Å². The fourth-order valence-corrected chi connectivity index (χ4v) is 3.14. The summed E-state index contributed by atoms with van der Waals surface area (Å²) in [4.78, 5) is 17.5. The standard InChI is InChI=1S/C20H25N3O2S/c1-7-17(15(5)25-6)19(24)23-20(21-18(22-23)13(2)3)26-12-16-10-8-14(4)9-11-16/h7-11,13H,5,12H2,1-4,6H3. The summed E-state index contributed by atoms with van der Waals surface area (Å²) in [5.74, 6) is 1.50. The Morgan fingerprint density at radius 2 is 2.00 bits per heavy atom. The normalized spacial score (nSPS) is 11.7. The summed E-state index contributed by atoms with van der Waals surface area (Å²) in [7, 11) is 1.49. The molecule has 6 heteroatoms. The molecular formula is C20H25N3O2S. The first-order valence-electron chi connectivity index (χ1n) is 8.47. The van der Waals surface area contributed by atoms with Crippen molar-refractivity contribution in [1.82, 2.24) is 14.8 Å². The fourth-order valence-electron chi connectivity index (χ4n) is 2.24. The number of methoxy groups -OCH3 is 1. The van der Waals surface area contributed by atoms with Crippen LogP contribution in [-0.4, -0.2) is 27.8 Å². The summed E-state index contributed by atoms with van der Waals surface area (Å²) in [6.45, 7) is 11.6. The van der Waals surface area contributed by atoms with E-state index in [9.17, 15) is 4.79 Å². The highest BCUT2D eigenvalue weighted by Crippen LogP contribution is 2.25. The number of rotatable bonds is 7. The zero-order chi connectivity index (χ0) is 19.3. The number of aromatic nitrogens is 3. The Labute approximate surface area is 159 Å². The van der Waals surface area contributed by atoms with Gasteiger partial charge in [0.2, 0.25) is 0 Å². The van der Waals surface area contributed by atoms with Crippen LogP contribution in [0.4, 0.5) is 0 Å². The number of carbonyl (C=O) groups is 1. The second-order valence-electron chi connectivity index (χ2n) is 6.23. The molecular weight excluding hydrogens is 346 g/mol. The van der Waals surface area contributed by atoms with Crippen molar-refractivity contribution in [2.24, 2.45) is 0 Å². The zero-order valence-corrected chi connectivity index (χ0v) is 16.8. The van der Waals surface area contributed by atoms with Gasteiger partial charge in [0.1, 0.15) is 5.76 Å². The maximum Gasteiger partial charge on any atom is 0.284 e. The van der Waals surface area contributed by atoms with E-state index in [0.29, 0.717) is 28.1 Å². The number of nitrogens with zero attached hydrogens (tertiary/aromatic N) is 3. The SMILES string of the molecule is C=C(OC)C(=CC)C(=O)n1nc(C(C)C)nc1SCc1ccc(C)cc1. The van der Waals surface area contributed by atoms with Crippen molar-refractivity contribution in [3.05, 3.63) is 65.2 Å². The number of benzene rings is 1. The third-order valence-corrected chi connectivity index (χ3v) is 4.86. The van der Waals surface area contributed by atoms with E-state index in [-0.39, 0.29) is 11.8 Å². The molecule has 0 atom stereocenters. The first-order valence-corrected chi connectivity index (χ1v) is 9.45. The first kappa shape index (κ1) is 20.0. The topological polar surface area (TPSA) is 57.0 Å². The zero-order valence-electron chi connectivity index (χ0n) is 15.9. The number of carbonyl (C=O) groups excluding carboxylic acids is 1. The van der Waals surface area contributed by atoms with Gasteiger partial charge in [-0.05, 0) is 19.4 Å². The van der Waals surface area contributed by atoms with Crippen molar-refractivity contribution in [2.45, 2.75) is 44.5 Å². The van der Waals surface area contributed by atoms with Crippen LogP contribution in [0.2, 0.25) is 0 Å². The lowest BCUT2D eigenvalue weighted by molar-refractivity contribution is 0.0920. The lowest BCUT2D eigenvalue weighted by Crippen LogP contribution is -2.18. The van der Waals surface area contributed by atoms with Crippen molar-refractivity contribution >= 4 is 17.7 Å². The van der Waals surface area contributed by atoms with E-state index in [1.165, 1.54) is 34.7 Å². The molecule has 1 aromatic carbocycles. The lowest BCUT2D eigenvalue weighted by atomic mass is 10.2. The van der Waals surface area contributed by atoms with Gasteiger partial charge in [0.25, 0.3) is 5.91 Å². The molecule has 0 aliphatic rings. The maximum atomic E-state index is 12.9. The van der Waals surface area contributed by atoms with Gasteiger partial charge >= 0.3 is 0 Å². The van der Waals surface area contributed by atoms with Gasteiger partial charge in [0, 0.05) is 11.7 Å². The van der Waals surface area contributed by atoms with Gasteiger partial charge in [-0.15, -0.1) is 5.10 Å². The van der Waals surface area contributed by atoms with Crippen LogP contribution in [0.15, 0.2) is 53.4 Å². The molecule has 2 aromatic rings. The molecule has 0 aliphatic carbocycles. The Hall–Kier alpha value is -2.34. The van der Waals surface area contributed by atoms with Crippen molar-refractivity contribution < 1.29 is 9.53 Å². The Balaban J connectivity index is 2.31. The molecule has 26 heavy (non-hydrogen) atoms. The van der Waals surface area contributed by atoms with Crippen LogP contribution in [-0.2, 0) is 10.5 Å². The van der Waals surface area contributed by atoms with Crippen molar-refractivity contribution in [1.29, 1.82) is 0 Å². The summed E-state index contributed by atoms with van der Waals surface area (Å²) in [5, 5.41) is 4.99. The van der Waals surface area contributed by atoms with Crippen LogP contribution < -0.4 is 0 Å². The number of ether oxygens (including phenoxy) is 1. The van der Waals surface area contributed by atoms with E-state index >= 15 is 0 Å². The van der Waals surface area contributed by atoms with Gasteiger partial charge in [-0.1, -0.05) is 68.1 Å². The van der Waals surface area contributed by atoms with Gasteiger partial charge in [-0.3, -0.25) is 4.79 Å². The second kappa shape index (κ2) is 8.85. The van der Waals surface area contributed by atoms with E-state index in [2.05, 4.69) is 47.9 Å². The molecule has 0 unspecified atom stereocenters. The predicted octanol–water partition coefficient (Wildman–Crippen LogP) is 4.75. The largest absolute Gasteiger partial charge is 0.497 e.